The van der Waals surface area contributed by atoms with Gasteiger partial charge in [0.1, 0.15) is 5.54 Å². The first kappa shape index (κ1) is 20.0. The Bertz CT molecular complexity index is 1020. The molecule has 0 spiro atoms. The number of thioether (sulfide) groups is 1. The van der Waals surface area contributed by atoms with Crippen molar-refractivity contribution in [2.45, 2.75) is 68.6 Å². The highest BCUT2D eigenvalue weighted by molar-refractivity contribution is 7.99. The number of para-hydroxylation sites is 1. The predicted octanol–water partition coefficient (Wildman–Crippen LogP) is 3.80. The average molecular weight is 411 g/mol. The quantitative estimate of drug-likeness (QED) is 0.578. The lowest BCUT2D eigenvalue weighted by molar-refractivity contribution is -0.119. The highest BCUT2D eigenvalue weighted by Crippen LogP contribution is 2.39. The molecule has 29 heavy (non-hydrogen) atoms. The molecule has 1 heterocycles. The molecule has 2 aliphatic carbocycles. The second-order valence-electron chi connectivity index (χ2n) is 8.30. The number of carbonyl (C=O) groups excluding carboxylic acids is 1. The Kier molecular flexibility index (Phi) is 5.64. The van der Waals surface area contributed by atoms with E-state index < -0.39 is 5.54 Å². The maximum atomic E-state index is 13.2. The standard InChI is InChI=1S/C22H26N4O2S/c1-22(14-23,15-11-12-15)25-19(27)13-29-21-24-18-10-6-5-9-17(18)20(28)26(21)16-7-3-2-4-8-16/h5-6,9-10,15-16H,2-4,7-8,11-13H2,1H3,(H,25,27). The number of benzene rings is 1. The third-order valence-electron chi connectivity index (χ3n) is 6.07. The van der Waals surface area contributed by atoms with Gasteiger partial charge in [0.25, 0.3) is 5.56 Å². The molecule has 7 heteroatoms. The maximum Gasteiger partial charge on any atom is 0.262 e. The third-order valence-corrected chi connectivity index (χ3v) is 7.03. The van der Waals surface area contributed by atoms with Crippen LogP contribution in [0.25, 0.3) is 10.9 Å². The van der Waals surface area contributed by atoms with Crippen LogP contribution in [-0.2, 0) is 4.79 Å². The number of fused-ring (bicyclic) bond motifs is 1. The van der Waals surface area contributed by atoms with E-state index in [4.69, 9.17) is 4.98 Å². The van der Waals surface area contributed by atoms with E-state index in [9.17, 15) is 14.9 Å². The molecule has 0 aliphatic heterocycles. The summed E-state index contributed by atoms with van der Waals surface area (Å²) in [4.78, 5) is 30.5. The Morgan fingerprint density at radius 3 is 2.69 bits per heavy atom. The van der Waals surface area contributed by atoms with Crippen molar-refractivity contribution in [3.05, 3.63) is 34.6 Å². The number of hydrogen-bond acceptors (Lipinski definition) is 5. The number of nitrogens with zero attached hydrogens (tertiary/aromatic N) is 3. The molecule has 1 aromatic carbocycles. The summed E-state index contributed by atoms with van der Waals surface area (Å²) < 4.78 is 1.81. The fraction of sp³-hybridized carbons (Fsp3) is 0.545. The second-order valence-corrected chi connectivity index (χ2v) is 9.25. The molecule has 1 amide bonds. The first-order chi connectivity index (χ1) is 14.0. The molecule has 1 N–H and O–H groups in total. The number of aromatic nitrogens is 2. The van der Waals surface area contributed by atoms with Crippen LogP contribution in [0.2, 0.25) is 0 Å². The summed E-state index contributed by atoms with van der Waals surface area (Å²) in [5.74, 6) is 0.186. The van der Waals surface area contributed by atoms with Crippen LogP contribution in [0.4, 0.5) is 0 Å². The van der Waals surface area contributed by atoms with Crippen LogP contribution in [0.15, 0.2) is 34.2 Å². The fourth-order valence-electron chi connectivity index (χ4n) is 4.23. The average Bonchev–Trinajstić information content (AvgIpc) is 3.59. The van der Waals surface area contributed by atoms with Gasteiger partial charge in [-0.05, 0) is 50.7 Å². The first-order valence-electron chi connectivity index (χ1n) is 10.4. The zero-order chi connectivity index (χ0) is 20.4. The minimum absolute atomic E-state index is 0.0229. The normalized spacial score (nSPS) is 19.4. The van der Waals surface area contributed by atoms with Gasteiger partial charge in [-0.1, -0.05) is 43.2 Å². The van der Waals surface area contributed by atoms with Crippen LogP contribution in [0, 0.1) is 17.2 Å². The zero-order valence-corrected chi connectivity index (χ0v) is 17.5. The first-order valence-corrected chi connectivity index (χ1v) is 11.4. The molecular formula is C22H26N4O2S. The van der Waals surface area contributed by atoms with Crippen molar-refractivity contribution in [1.82, 2.24) is 14.9 Å². The predicted molar refractivity (Wildman–Crippen MR) is 114 cm³/mol. The minimum Gasteiger partial charge on any atom is -0.337 e. The lowest BCUT2D eigenvalue weighted by Crippen LogP contribution is -2.47. The van der Waals surface area contributed by atoms with Gasteiger partial charge in [0, 0.05) is 6.04 Å². The van der Waals surface area contributed by atoms with E-state index in [1.807, 2.05) is 28.8 Å². The number of carbonyl (C=O) groups is 1. The summed E-state index contributed by atoms with van der Waals surface area (Å²) in [6.45, 7) is 1.79. The molecule has 1 atom stereocenters. The topological polar surface area (TPSA) is 87.8 Å². The van der Waals surface area contributed by atoms with Crippen molar-refractivity contribution < 1.29 is 4.79 Å². The SMILES string of the molecule is CC(C#N)(NC(=O)CSc1nc2ccccc2c(=O)n1C1CCCCC1)C1CC1. The molecule has 2 aromatic rings. The van der Waals surface area contributed by atoms with Gasteiger partial charge < -0.3 is 5.32 Å². The van der Waals surface area contributed by atoms with Gasteiger partial charge in [0.15, 0.2) is 5.16 Å². The van der Waals surface area contributed by atoms with Crippen molar-refractivity contribution in [2.75, 3.05) is 5.75 Å². The minimum atomic E-state index is -0.808. The third kappa shape index (κ3) is 4.18. The molecule has 2 aliphatic rings. The molecule has 6 nitrogen and oxygen atoms in total. The molecule has 152 valence electrons. The van der Waals surface area contributed by atoms with Gasteiger partial charge in [0.2, 0.25) is 5.91 Å². The monoisotopic (exact) mass is 410 g/mol. The molecule has 1 aromatic heterocycles. The van der Waals surface area contributed by atoms with E-state index in [0.717, 1.165) is 38.5 Å². The Labute approximate surface area is 174 Å². The largest absolute Gasteiger partial charge is 0.337 e. The van der Waals surface area contributed by atoms with Gasteiger partial charge in [-0.2, -0.15) is 5.26 Å². The van der Waals surface area contributed by atoms with Crippen molar-refractivity contribution >= 4 is 28.6 Å². The van der Waals surface area contributed by atoms with Crippen LogP contribution in [-0.4, -0.2) is 26.8 Å². The lowest BCUT2D eigenvalue weighted by atomic mass is 9.95. The van der Waals surface area contributed by atoms with Gasteiger partial charge >= 0.3 is 0 Å². The number of nitriles is 1. The van der Waals surface area contributed by atoms with E-state index >= 15 is 0 Å². The van der Waals surface area contributed by atoms with E-state index in [-0.39, 0.29) is 29.2 Å². The molecular weight excluding hydrogens is 384 g/mol. The Hall–Kier alpha value is -2.33. The van der Waals surface area contributed by atoms with Gasteiger partial charge in [0.05, 0.1) is 22.7 Å². The lowest BCUT2D eigenvalue weighted by Gasteiger charge is -2.26. The summed E-state index contributed by atoms with van der Waals surface area (Å²) in [6.07, 6.45) is 7.30. The van der Waals surface area contributed by atoms with Crippen LogP contribution in [0.3, 0.4) is 0 Å². The van der Waals surface area contributed by atoms with Crippen molar-refractivity contribution in [2.24, 2.45) is 5.92 Å². The van der Waals surface area contributed by atoms with Crippen molar-refractivity contribution in [3.8, 4) is 6.07 Å². The van der Waals surface area contributed by atoms with E-state index in [1.165, 1.54) is 18.2 Å². The van der Waals surface area contributed by atoms with Gasteiger partial charge in [-0.15, -0.1) is 0 Å². The summed E-state index contributed by atoms with van der Waals surface area (Å²) >= 11 is 1.29. The van der Waals surface area contributed by atoms with Crippen molar-refractivity contribution in [1.29, 1.82) is 5.26 Å². The fourth-order valence-corrected chi connectivity index (χ4v) is 5.09. The van der Waals surface area contributed by atoms with Gasteiger partial charge in [-0.25, -0.2) is 4.98 Å². The number of rotatable bonds is 6. The van der Waals surface area contributed by atoms with Crippen LogP contribution < -0.4 is 10.9 Å². The van der Waals surface area contributed by atoms with E-state index in [0.29, 0.717) is 16.1 Å². The summed E-state index contributed by atoms with van der Waals surface area (Å²) in [5, 5.41) is 13.6. The van der Waals surface area contributed by atoms with E-state index in [2.05, 4.69) is 11.4 Å². The van der Waals surface area contributed by atoms with Crippen LogP contribution in [0.5, 0.6) is 0 Å². The van der Waals surface area contributed by atoms with Crippen molar-refractivity contribution in [3.63, 3.8) is 0 Å². The van der Waals surface area contributed by atoms with Crippen LogP contribution >= 0.6 is 11.8 Å². The highest BCUT2D eigenvalue weighted by Gasteiger charge is 2.43. The molecule has 0 bridgehead atoms. The van der Waals surface area contributed by atoms with Gasteiger partial charge in [-0.3, -0.25) is 14.2 Å². The summed E-state index contributed by atoms with van der Waals surface area (Å²) in [6, 6.07) is 9.77. The highest BCUT2D eigenvalue weighted by atomic mass is 32.2. The number of nitrogens with one attached hydrogen (secondary N) is 1. The maximum absolute atomic E-state index is 13.2. The molecule has 2 saturated carbocycles. The number of amides is 1. The number of hydrogen-bond donors (Lipinski definition) is 1. The molecule has 4 rings (SSSR count). The Morgan fingerprint density at radius 2 is 2.00 bits per heavy atom. The Balaban J connectivity index is 1.59. The second kappa shape index (κ2) is 8.19. The van der Waals surface area contributed by atoms with E-state index in [1.54, 1.807) is 6.92 Å². The smallest absolute Gasteiger partial charge is 0.262 e. The molecule has 1 unspecified atom stereocenters. The van der Waals surface area contributed by atoms with Crippen LogP contribution in [0.1, 0.15) is 57.9 Å². The Morgan fingerprint density at radius 1 is 1.28 bits per heavy atom. The summed E-state index contributed by atoms with van der Waals surface area (Å²) in [7, 11) is 0. The molecule has 2 fully saturated rings. The zero-order valence-electron chi connectivity index (χ0n) is 16.7. The molecule has 0 saturated heterocycles. The molecule has 0 radical (unpaired) electrons. The summed E-state index contributed by atoms with van der Waals surface area (Å²) in [5.41, 5.74) is -0.171.